The van der Waals surface area contributed by atoms with E-state index in [9.17, 15) is 19.2 Å². The molecular weight excluding hydrogens is 540 g/mol. The Morgan fingerprint density at radius 2 is 1.69 bits per heavy atom. The van der Waals surface area contributed by atoms with Gasteiger partial charge in [0.15, 0.2) is 5.78 Å². The zero-order chi connectivity index (χ0) is 30.1. The fraction of sp³-hybridized carbons (Fsp3) is 0.677. The van der Waals surface area contributed by atoms with Crippen molar-refractivity contribution in [3.8, 4) is 5.75 Å². The number of morpholine rings is 1. The van der Waals surface area contributed by atoms with Gasteiger partial charge in [-0.15, -0.1) is 0 Å². The third-order valence-corrected chi connectivity index (χ3v) is 8.48. The molecule has 4 rings (SSSR count). The molecule has 1 aromatic carbocycles. The van der Waals surface area contributed by atoms with Gasteiger partial charge in [-0.25, -0.2) is 0 Å². The molecule has 42 heavy (non-hydrogen) atoms. The van der Waals surface area contributed by atoms with Crippen LogP contribution in [0.5, 0.6) is 5.75 Å². The second-order valence-corrected chi connectivity index (χ2v) is 11.9. The summed E-state index contributed by atoms with van der Waals surface area (Å²) in [5, 5.41) is 11.8. The second kappa shape index (κ2) is 14.9. The molecule has 11 heteroatoms. The summed E-state index contributed by atoms with van der Waals surface area (Å²) < 4.78 is 16.3. The van der Waals surface area contributed by atoms with Gasteiger partial charge >= 0.3 is 0 Å². The summed E-state index contributed by atoms with van der Waals surface area (Å²) in [7, 11) is 1.58. The van der Waals surface area contributed by atoms with Crippen molar-refractivity contribution in [2.24, 2.45) is 5.92 Å². The Bertz CT molecular complexity index is 1080. The molecule has 232 valence electrons. The maximum atomic E-state index is 13.8. The van der Waals surface area contributed by atoms with Gasteiger partial charge in [0.25, 0.3) is 0 Å². The number of methoxy groups -OCH3 is 1. The molecule has 2 aliphatic heterocycles. The van der Waals surface area contributed by atoms with E-state index < -0.39 is 35.5 Å². The van der Waals surface area contributed by atoms with Crippen molar-refractivity contribution in [2.75, 3.05) is 33.4 Å². The molecule has 1 aromatic rings. The Kier molecular flexibility index (Phi) is 11.3. The molecule has 3 fully saturated rings. The summed E-state index contributed by atoms with van der Waals surface area (Å²) in [5.41, 5.74) is -0.0631. The van der Waals surface area contributed by atoms with Crippen LogP contribution in [-0.2, 0) is 35.1 Å². The summed E-state index contributed by atoms with van der Waals surface area (Å²) in [4.78, 5) is 53.3. The Morgan fingerprint density at radius 3 is 2.29 bits per heavy atom. The summed E-state index contributed by atoms with van der Waals surface area (Å²) in [6, 6.07) is 4.77. The first-order chi connectivity index (χ1) is 20.2. The van der Waals surface area contributed by atoms with Crippen LogP contribution in [0.25, 0.3) is 0 Å². The van der Waals surface area contributed by atoms with Crippen molar-refractivity contribution in [1.29, 1.82) is 0 Å². The van der Waals surface area contributed by atoms with E-state index in [2.05, 4.69) is 21.3 Å². The van der Waals surface area contributed by atoms with Gasteiger partial charge < -0.3 is 35.5 Å². The Balaban J connectivity index is 1.46. The Morgan fingerprint density at radius 1 is 1.02 bits per heavy atom. The van der Waals surface area contributed by atoms with E-state index in [0.717, 1.165) is 37.8 Å². The van der Waals surface area contributed by atoms with Crippen molar-refractivity contribution in [3.63, 3.8) is 0 Å². The maximum Gasteiger partial charge on any atom is 0.243 e. The molecule has 1 saturated carbocycles. The minimum absolute atomic E-state index is 0.129. The van der Waals surface area contributed by atoms with Gasteiger partial charge in [0, 0.05) is 19.5 Å². The number of nitrogens with one attached hydrogen (secondary N) is 4. The molecule has 1 aliphatic carbocycles. The summed E-state index contributed by atoms with van der Waals surface area (Å²) in [5.74, 6) is -0.285. The number of carbonyl (C=O) groups is 4. The highest BCUT2D eigenvalue weighted by Crippen LogP contribution is 2.33. The number of epoxide rings is 1. The van der Waals surface area contributed by atoms with Crippen LogP contribution in [0.1, 0.15) is 64.4 Å². The fourth-order valence-corrected chi connectivity index (χ4v) is 5.75. The van der Waals surface area contributed by atoms with Crippen LogP contribution >= 0.6 is 0 Å². The molecule has 3 amide bonds. The summed E-state index contributed by atoms with van der Waals surface area (Å²) in [6.45, 7) is 5.75. The Labute approximate surface area is 248 Å². The van der Waals surface area contributed by atoms with E-state index in [4.69, 9.17) is 14.2 Å². The molecule has 11 nitrogen and oxygen atoms in total. The molecule has 0 aromatic heterocycles. The molecule has 1 unspecified atom stereocenters. The van der Waals surface area contributed by atoms with Gasteiger partial charge in [-0.1, -0.05) is 44.7 Å². The summed E-state index contributed by atoms with van der Waals surface area (Å²) >= 11 is 0. The number of amides is 3. The number of carbonyl (C=O) groups excluding carboxylic acids is 4. The van der Waals surface area contributed by atoms with Gasteiger partial charge in [0.1, 0.15) is 23.4 Å². The molecule has 5 atom stereocenters. The number of benzene rings is 1. The molecule has 0 radical (unpaired) electrons. The van der Waals surface area contributed by atoms with Crippen LogP contribution in [-0.4, -0.2) is 86.7 Å². The van der Waals surface area contributed by atoms with E-state index in [1.165, 1.54) is 0 Å². The van der Waals surface area contributed by atoms with Crippen molar-refractivity contribution >= 4 is 23.5 Å². The van der Waals surface area contributed by atoms with E-state index in [1.807, 2.05) is 12.1 Å². The van der Waals surface area contributed by atoms with Crippen LogP contribution in [0.15, 0.2) is 24.3 Å². The first-order valence-electron chi connectivity index (χ1n) is 15.2. The summed E-state index contributed by atoms with van der Waals surface area (Å²) in [6.07, 6.45) is 5.29. The topological polar surface area (TPSA) is 147 Å². The van der Waals surface area contributed by atoms with E-state index >= 15 is 0 Å². The van der Waals surface area contributed by atoms with Gasteiger partial charge in [0.2, 0.25) is 17.7 Å². The lowest BCUT2D eigenvalue weighted by Crippen LogP contribution is -2.57. The molecule has 4 N–H and O–H groups in total. The number of hydrogen-bond donors (Lipinski definition) is 4. The van der Waals surface area contributed by atoms with Crippen molar-refractivity contribution in [2.45, 2.75) is 95.0 Å². The van der Waals surface area contributed by atoms with Gasteiger partial charge in [-0.3, -0.25) is 19.2 Å². The van der Waals surface area contributed by atoms with Gasteiger partial charge in [-0.2, -0.15) is 0 Å². The van der Waals surface area contributed by atoms with Crippen molar-refractivity contribution < 1.29 is 33.4 Å². The number of Topliss-reactive ketones (excluding diaryl/α,β-unsaturated/α-hetero) is 1. The fourth-order valence-electron chi connectivity index (χ4n) is 5.75. The molecule has 0 spiro atoms. The molecule has 3 aliphatic rings. The average Bonchev–Trinajstić information content (AvgIpc) is 3.53. The quantitative estimate of drug-likeness (QED) is 0.226. The predicted molar refractivity (Wildman–Crippen MR) is 156 cm³/mol. The number of hydrogen-bond acceptors (Lipinski definition) is 8. The smallest absolute Gasteiger partial charge is 0.243 e. The first kappa shape index (κ1) is 31.9. The van der Waals surface area contributed by atoms with Crippen LogP contribution in [0.4, 0.5) is 0 Å². The van der Waals surface area contributed by atoms with Crippen LogP contribution in [0.2, 0.25) is 0 Å². The molecule has 2 saturated heterocycles. The minimum atomic E-state index is -0.963. The molecule has 0 bridgehead atoms. The lowest BCUT2D eigenvalue weighted by atomic mass is 9.90. The lowest BCUT2D eigenvalue weighted by Gasteiger charge is -2.27. The SMILES string of the molecule is CC[C@H](NC(=O)CC1CNCCO1)C(=O)N[C@@H](Cc1ccc(OC)cc1)C(=O)N[C@@H](CC1CCCC1)C(=O)[C@@]1(C)CO1. The van der Waals surface area contributed by atoms with E-state index in [-0.39, 0.29) is 30.6 Å². The third-order valence-electron chi connectivity index (χ3n) is 8.48. The zero-order valence-corrected chi connectivity index (χ0v) is 25.0. The Hall–Kier alpha value is -3.02. The molecular formula is C31H46N4O7. The van der Waals surface area contributed by atoms with Crippen molar-refractivity contribution in [1.82, 2.24) is 21.3 Å². The highest BCUT2D eigenvalue weighted by molar-refractivity contribution is 5.98. The highest BCUT2D eigenvalue weighted by Gasteiger charge is 2.50. The number of ether oxygens (including phenoxy) is 3. The lowest BCUT2D eigenvalue weighted by molar-refractivity contribution is -0.134. The average molecular weight is 587 g/mol. The maximum absolute atomic E-state index is 13.8. The van der Waals surface area contributed by atoms with Gasteiger partial charge in [-0.05, 0) is 43.4 Å². The van der Waals surface area contributed by atoms with Crippen LogP contribution < -0.4 is 26.0 Å². The standard InChI is InChI=1S/C31H46N4O7/c1-4-24(33-27(36)17-23-18-32-13-14-41-23)29(38)35-26(16-21-9-11-22(40-3)12-10-21)30(39)34-25(15-20-7-5-6-8-20)28(37)31(2)19-42-31/h9-12,20,23-26,32H,4-8,13-19H2,1-3H3,(H,33,36)(H,34,39)(H,35,38)/t23?,24-,25-,26-,31+/m0/s1. The van der Waals surface area contributed by atoms with E-state index in [1.54, 1.807) is 33.1 Å². The second-order valence-electron chi connectivity index (χ2n) is 11.9. The van der Waals surface area contributed by atoms with Crippen LogP contribution in [0.3, 0.4) is 0 Å². The molecule has 2 heterocycles. The van der Waals surface area contributed by atoms with Crippen LogP contribution in [0, 0.1) is 5.92 Å². The normalized spacial score (nSPS) is 24.2. The number of rotatable bonds is 15. The predicted octanol–water partition coefficient (Wildman–Crippen LogP) is 1.42. The first-order valence-corrected chi connectivity index (χ1v) is 15.2. The largest absolute Gasteiger partial charge is 0.497 e. The minimum Gasteiger partial charge on any atom is -0.497 e. The third kappa shape index (κ3) is 8.99. The highest BCUT2D eigenvalue weighted by atomic mass is 16.6. The van der Waals surface area contributed by atoms with Crippen molar-refractivity contribution in [3.05, 3.63) is 29.8 Å². The number of ketones is 1. The van der Waals surface area contributed by atoms with Gasteiger partial charge in [0.05, 0.1) is 38.9 Å². The zero-order valence-electron chi connectivity index (χ0n) is 25.0. The van der Waals surface area contributed by atoms with E-state index in [0.29, 0.717) is 44.3 Å². The monoisotopic (exact) mass is 586 g/mol.